The predicted octanol–water partition coefficient (Wildman–Crippen LogP) is 2.61. The van der Waals surface area contributed by atoms with Gasteiger partial charge < -0.3 is 5.32 Å². The van der Waals surface area contributed by atoms with E-state index in [2.05, 4.69) is 10.4 Å². The molecule has 0 saturated carbocycles. The summed E-state index contributed by atoms with van der Waals surface area (Å²) >= 11 is 5.85. The predicted molar refractivity (Wildman–Crippen MR) is 96.6 cm³/mol. The molecule has 1 aromatic heterocycles. The van der Waals surface area contributed by atoms with Crippen molar-refractivity contribution in [1.82, 2.24) is 19.7 Å². The highest BCUT2D eigenvalue weighted by atomic mass is 35.5. The minimum Gasteiger partial charge on any atom is -0.350 e. The average Bonchev–Trinajstić information content (AvgIpc) is 2.91. The van der Waals surface area contributed by atoms with E-state index in [9.17, 15) is 18.4 Å². The molecule has 0 saturated heterocycles. The highest BCUT2D eigenvalue weighted by Gasteiger charge is 2.14. The van der Waals surface area contributed by atoms with Gasteiger partial charge >= 0.3 is 5.69 Å². The molecule has 0 unspecified atom stereocenters. The summed E-state index contributed by atoms with van der Waals surface area (Å²) in [5.74, 6) is -1.02. The van der Waals surface area contributed by atoms with Crippen LogP contribution >= 0.6 is 11.6 Å². The molecule has 9 heteroatoms. The maximum absolute atomic E-state index is 13.1. The van der Waals surface area contributed by atoms with Crippen LogP contribution in [0.15, 0.2) is 47.3 Å². The third-order valence-electron chi connectivity index (χ3n) is 3.93. The summed E-state index contributed by atoms with van der Waals surface area (Å²) in [5, 5.41) is 6.83. The number of hydrogen-bond acceptors (Lipinski definition) is 3. The maximum atomic E-state index is 13.1. The quantitative estimate of drug-likeness (QED) is 0.725. The van der Waals surface area contributed by atoms with Crippen LogP contribution in [0.5, 0.6) is 0 Å². The van der Waals surface area contributed by atoms with Gasteiger partial charge in [-0.1, -0.05) is 11.6 Å². The summed E-state index contributed by atoms with van der Waals surface area (Å²) in [4.78, 5) is 24.4. The van der Waals surface area contributed by atoms with Crippen LogP contribution in [-0.2, 0) is 13.6 Å². The molecule has 0 radical (unpaired) electrons. The second-order valence-electron chi connectivity index (χ2n) is 5.78. The highest BCUT2D eigenvalue weighted by Crippen LogP contribution is 2.17. The zero-order chi connectivity index (χ0) is 19.6. The summed E-state index contributed by atoms with van der Waals surface area (Å²) in [5.41, 5.74) is 0.360. The van der Waals surface area contributed by atoms with E-state index in [1.54, 1.807) is 7.05 Å². The molecule has 0 fully saturated rings. The molecule has 3 aromatic rings. The van der Waals surface area contributed by atoms with Gasteiger partial charge in [-0.25, -0.2) is 18.3 Å². The summed E-state index contributed by atoms with van der Waals surface area (Å²) < 4.78 is 28.6. The standard InChI is InChI=1S/C18H15ClF2N4O2/c1-24-16(11-2-4-12(20)5-3-11)23-25(18(24)27)9-8-22-17(26)14-7-6-13(21)10-15(14)19/h2-7,10H,8-9H2,1H3,(H,22,26). The Bertz CT molecular complexity index is 1040. The van der Waals surface area contributed by atoms with E-state index >= 15 is 0 Å². The Kier molecular flexibility index (Phi) is 5.36. The van der Waals surface area contributed by atoms with Gasteiger partial charge in [-0.2, -0.15) is 0 Å². The van der Waals surface area contributed by atoms with Crippen LogP contribution in [0.1, 0.15) is 10.4 Å². The van der Waals surface area contributed by atoms with E-state index in [-0.39, 0.29) is 35.2 Å². The molecule has 3 rings (SSSR count). The monoisotopic (exact) mass is 392 g/mol. The number of carbonyl (C=O) groups excluding carboxylic acids is 1. The Morgan fingerprint density at radius 3 is 2.48 bits per heavy atom. The molecule has 0 aliphatic heterocycles. The van der Waals surface area contributed by atoms with Crippen LogP contribution in [0, 0.1) is 11.6 Å². The van der Waals surface area contributed by atoms with Crippen molar-refractivity contribution in [2.75, 3.05) is 6.54 Å². The second-order valence-corrected chi connectivity index (χ2v) is 6.18. The minimum absolute atomic E-state index is 0.00102. The van der Waals surface area contributed by atoms with Gasteiger partial charge in [-0.05, 0) is 42.5 Å². The van der Waals surface area contributed by atoms with Crippen LogP contribution < -0.4 is 11.0 Å². The Morgan fingerprint density at radius 1 is 1.15 bits per heavy atom. The van der Waals surface area contributed by atoms with Crippen LogP contribution in [0.25, 0.3) is 11.4 Å². The van der Waals surface area contributed by atoms with E-state index in [1.165, 1.54) is 39.6 Å². The molecular weight excluding hydrogens is 378 g/mol. The number of aromatic nitrogens is 3. The van der Waals surface area contributed by atoms with E-state index in [0.717, 1.165) is 12.1 Å². The first-order valence-electron chi connectivity index (χ1n) is 8.00. The lowest BCUT2D eigenvalue weighted by molar-refractivity contribution is 0.0952. The third kappa shape index (κ3) is 4.06. The van der Waals surface area contributed by atoms with Crippen molar-refractivity contribution in [3.8, 4) is 11.4 Å². The topological polar surface area (TPSA) is 68.9 Å². The zero-order valence-electron chi connectivity index (χ0n) is 14.2. The summed E-state index contributed by atoms with van der Waals surface area (Å²) in [6, 6.07) is 9.09. The number of nitrogens with one attached hydrogen (secondary N) is 1. The minimum atomic E-state index is -0.537. The summed E-state index contributed by atoms with van der Waals surface area (Å²) in [6.45, 7) is 0.241. The molecule has 1 heterocycles. The van der Waals surface area contributed by atoms with Crippen molar-refractivity contribution < 1.29 is 13.6 Å². The number of rotatable bonds is 5. The number of halogens is 3. The molecule has 1 amide bonds. The molecule has 0 aliphatic carbocycles. The number of nitrogens with zero attached hydrogens (tertiary/aromatic N) is 3. The van der Waals surface area contributed by atoms with E-state index in [1.807, 2.05) is 0 Å². The molecule has 2 aromatic carbocycles. The van der Waals surface area contributed by atoms with Crippen molar-refractivity contribution in [3.63, 3.8) is 0 Å². The average molecular weight is 393 g/mol. The Morgan fingerprint density at radius 2 is 1.81 bits per heavy atom. The first-order chi connectivity index (χ1) is 12.9. The zero-order valence-corrected chi connectivity index (χ0v) is 15.0. The lowest BCUT2D eigenvalue weighted by atomic mass is 10.2. The molecule has 6 nitrogen and oxygen atoms in total. The van der Waals surface area contributed by atoms with Gasteiger partial charge in [0.05, 0.1) is 17.1 Å². The first-order valence-corrected chi connectivity index (χ1v) is 8.37. The molecule has 27 heavy (non-hydrogen) atoms. The van der Waals surface area contributed by atoms with Gasteiger partial charge in [0.2, 0.25) is 0 Å². The molecule has 0 atom stereocenters. The fourth-order valence-corrected chi connectivity index (χ4v) is 2.78. The lowest BCUT2D eigenvalue weighted by Crippen LogP contribution is -2.31. The Hall–Kier alpha value is -3.00. The number of benzene rings is 2. The largest absolute Gasteiger partial charge is 0.350 e. The molecule has 0 aliphatic rings. The molecule has 0 bridgehead atoms. The Labute approximate surface area is 158 Å². The van der Waals surface area contributed by atoms with Gasteiger partial charge in [0.1, 0.15) is 11.6 Å². The van der Waals surface area contributed by atoms with Crippen molar-refractivity contribution in [2.24, 2.45) is 7.05 Å². The Balaban J connectivity index is 1.70. The number of hydrogen-bond donors (Lipinski definition) is 1. The lowest BCUT2D eigenvalue weighted by Gasteiger charge is -2.06. The van der Waals surface area contributed by atoms with Gasteiger partial charge in [0, 0.05) is 19.2 Å². The van der Waals surface area contributed by atoms with Gasteiger partial charge in [0.25, 0.3) is 5.91 Å². The van der Waals surface area contributed by atoms with Crippen LogP contribution in [-0.4, -0.2) is 26.8 Å². The molecule has 1 N–H and O–H groups in total. The van der Waals surface area contributed by atoms with Gasteiger partial charge in [0.15, 0.2) is 5.82 Å². The van der Waals surface area contributed by atoms with Gasteiger partial charge in [-0.3, -0.25) is 9.36 Å². The fourth-order valence-electron chi connectivity index (χ4n) is 2.53. The second kappa shape index (κ2) is 7.71. The van der Waals surface area contributed by atoms with E-state index in [4.69, 9.17) is 11.6 Å². The SMILES string of the molecule is Cn1c(-c2ccc(F)cc2)nn(CCNC(=O)c2ccc(F)cc2Cl)c1=O. The number of amides is 1. The third-order valence-corrected chi connectivity index (χ3v) is 4.24. The van der Waals surface area contributed by atoms with Crippen LogP contribution in [0.3, 0.4) is 0 Å². The molecule has 140 valence electrons. The van der Waals surface area contributed by atoms with Crippen LogP contribution in [0.2, 0.25) is 5.02 Å². The smallest absolute Gasteiger partial charge is 0.345 e. The van der Waals surface area contributed by atoms with Crippen LogP contribution in [0.4, 0.5) is 8.78 Å². The van der Waals surface area contributed by atoms with Gasteiger partial charge in [-0.15, -0.1) is 5.10 Å². The maximum Gasteiger partial charge on any atom is 0.345 e. The fraction of sp³-hybridized carbons (Fsp3) is 0.167. The normalized spacial score (nSPS) is 10.8. The van der Waals surface area contributed by atoms with Crippen molar-refractivity contribution in [3.05, 3.63) is 75.2 Å². The van der Waals surface area contributed by atoms with E-state index in [0.29, 0.717) is 11.4 Å². The number of carbonyl (C=O) groups is 1. The summed E-state index contributed by atoms with van der Waals surface area (Å²) in [7, 11) is 1.56. The van der Waals surface area contributed by atoms with Crippen molar-refractivity contribution >= 4 is 17.5 Å². The van der Waals surface area contributed by atoms with Crippen molar-refractivity contribution in [1.29, 1.82) is 0 Å². The first kappa shape index (κ1) is 18.8. The summed E-state index contributed by atoms with van der Waals surface area (Å²) in [6.07, 6.45) is 0. The molecular formula is C18H15ClF2N4O2. The van der Waals surface area contributed by atoms with Crippen molar-refractivity contribution in [2.45, 2.75) is 6.54 Å². The molecule has 0 spiro atoms. The highest BCUT2D eigenvalue weighted by molar-refractivity contribution is 6.33. The van der Waals surface area contributed by atoms with E-state index < -0.39 is 11.7 Å².